The molecule has 2 fully saturated rings. The minimum Gasteiger partial charge on any atom is -0.443 e. The Bertz CT molecular complexity index is 456. The van der Waals surface area contributed by atoms with Crippen molar-refractivity contribution in [2.45, 2.75) is 45.6 Å². The molecule has 20 heavy (non-hydrogen) atoms. The molecule has 5 nitrogen and oxygen atoms in total. The standard InChI is InChI=1S/C15H24N2O3/c1-14(2,3)20-13(19)17-9-8-15(6-7-15)12(18)11(17)10-16(4)5/h10H,6-9H2,1-5H3. The number of allylic oxidation sites excluding steroid dienone is 1. The van der Waals surface area contributed by atoms with Gasteiger partial charge in [0, 0.05) is 32.3 Å². The summed E-state index contributed by atoms with van der Waals surface area (Å²) in [5.41, 5.74) is -0.286. The lowest BCUT2D eigenvalue weighted by molar-refractivity contribution is -0.124. The molecule has 112 valence electrons. The van der Waals surface area contributed by atoms with Gasteiger partial charge in [-0.15, -0.1) is 0 Å². The van der Waals surface area contributed by atoms with E-state index in [-0.39, 0.29) is 11.2 Å². The largest absolute Gasteiger partial charge is 0.443 e. The van der Waals surface area contributed by atoms with Crippen LogP contribution in [0.3, 0.4) is 0 Å². The Hall–Kier alpha value is -1.52. The molecule has 0 atom stereocenters. The van der Waals surface area contributed by atoms with E-state index >= 15 is 0 Å². The number of ketones is 1. The van der Waals surface area contributed by atoms with Crippen LogP contribution in [0.5, 0.6) is 0 Å². The van der Waals surface area contributed by atoms with Crippen molar-refractivity contribution in [2.24, 2.45) is 5.41 Å². The van der Waals surface area contributed by atoms with E-state index in [9.17, 15) is 9.59 Å². The van der Waals surface area contributed by atoms with Crippen LogP contribution in [0.2, 0.25) is 0 Å². The number of hydrogen-bond acceptors (Lipinski definition) is 4. The predicted molar refractivity (Wildman–Crippen MR) is 76.0 cm³/mol. The maximum absolute atomic E-state index is 12.6. The van der Waals surface area contributed by atoms with Crippen molar-refractivity contribution in [3.63, 3.8) is 0 Å². The molecule has 2 aliphatic rings. The van der Waals surface area contributed by atoms with Crippen molar-refractivity contribution in [3.05, 3.63) is 11.9 Å². The van der Waals surface area contributed by atoms with Gasteiger partial charge in [-0.3, -0.25) is 9.69 Å². The van der Waals surface area contributed by atoms with Gasteiger partial charge in [0.15, 0.2) is 5.78 Å². The Morgan fingerprint density at radius 1 is 1.30 bits per heavy atom. The lowest BCUT2D eigenvalue weighted by atomic mass is 9.90. The summed E-state index contributed by atoms with van der Waals surface area (Å²) < 4.78 is 5.40. The first-order valence-corrected chi connectivity index (χ1v) is 7.08. The molecule has 1 saturated carbocycles. The fourth-order valence-corrected chi connectivity index (χ4v) is 2.46. The van der Waals surface area contributed by atoms with E-state index in [0.29, 0.717) is 12.2 Å². The molecular formula is C15H24N2O3. The van der Waals surface area contributed by atoms with Crippen LogP contribution in [0.25, 0.3) is 0 Å². The van der Waals surface area contributed by atoms with Gasteiger partial charge in [0.25, 0.3) is 0 Å². The molecule has 0 aromatic heterocycles. The number of amides is 1. The van der Waals surface area contributed by atoms with Gasteiger partial charge in [0.1, 0.15) is 11.3 Å². The zero-order valence-corrected chi connectivity index (χ0v) is 13.0. The first kappa shape index (κ1) is 14.9. The van der Waals surface area contributed by atoms with Crippen LogP contribution in [0.15, 0.2) is 11.9 Å². The highest BCUT2D eigenvalue weighted by Gasteiger charge is 2.55. The van der Waals surface area contributed by atoms with Crippen LogP contribution in [0.1, 0.15) is 40.0 Å². The van der Waals surface area contributed by atoms with Crippen molar-refractivity contribution in [3.8, 4) is 0 Å². The molecule has 0 unspecified atom stereocenters. The van der Waals surface area contributed by atoms with E-state index < -0.39 is 11.7 Å². The van der Waals surface area contributed by atoms with Gasteiger partial charge in [0.05, 0.1) is 0 Å². The molecule has 1 saturated heterocycles. The minimum absolute atomic E-state index is 0.0864. The summed E-state index contributed by atoms with van der Waals surface area (Å²) in [7, 11) is 3.70. The normalized spacial score (nSPS) is 23.1. The molecule has 1 amide bonds. The Labute approximate surface area is 120 Å². The highest BCUT2D eigenvalue weighted by molar-refractivity contribution is 6.04. The second-order valence-corrected chi connectivity index (χ2v) is 6.97. The lowest BCUT2D eigenvalue weighted by Gasteiger charge is -2.35. The topological polar surface area (TPSA) is 49.9 Å². The molecule has 0 aromatic rings. The van der Waals surface area contributed by atoms with Crippen molar-refractivity contribution < 1.29 is 14.3 Å². The molecule has 2 rings (SSSR count). The first-order chi connectivity index (χ1) is 9.15. The monoisotopic (exact) mass is 280 g/mol. The average molecular weight is 280 g/mol. The number of ether oxygens (including phenoxy) is 1. The molecule has 0 N–H and O–H groups in total. The first-order valence-electron chi connectivity index (χ1n) is 7.08. The molecule has 1 aliphatic carbocycles. The SMILES string of the molecule is CN(C)C=C1C(=O)C2(CCN1C(=O)OC(C)(C)C)CC2. The summed E-state index contributed by atoms with van der Waals surface area (Å²) >= 11 is 0. The van der Waals surface area contributed by atoms with Crippen LogP contribution in [-0.4, -0.2) is 47.9 Å². The summed E-state index contributed by atoms with van der Waals surface area (Å²) in [6, 6.07) is 0. The predicted octanol–water partition coefficient (Wildman–Crippen LogP) is 2.38. The number of piperidine rings is 1. The molecule has 1 spiro atoms. The van der Waals surface area contributed by atoms with Crippen LogP contribution < -0.4 is 0 Å². The molecule has 0 radical (unpaired) electrons. The van der Waals surface area contributed by atoms with Crippen LogP contribution >= 0.6 is 0 Å². The second kappa shape index (κ2) is 4.79. The number of hydrogen-bond donors (Lipinski definition) is 0. The third-order valence-electron chi connectivity index (χ3n) is 3.67. The highest BCUT2D eigenvalue weighted by atomic mass is 16.6. The van der Waals surface area contributed by atoms with E-state index in [4.69, 9.17) is 4.74 Å². The smallest absolute Gasteiger partial charge is 0.414 e. The third-order valence-corrected chi connectivity index (χ3v) is 3.67. The molecular weight excluding hydrogens is 256 g/mol. The van der Waals surface area contributed by atoms with E-state index in [1.54, 1.807) is 11.1 Å². The lowest BCUT2D eigenvalue weighted by Crippen LogP contribution is -2.45. The van der Waals surface area contributed by atoms with Crippen molar-refractivity contribution in [1.82, 2.24) is 9.80 Å². The fourth-order valence-electron chi connectivity index (χ4n) is 2.46. The zero-order valence-electron chi connectivity index (χ0n) is 13.0. The Morgan fingerprint density at radius 2 is 1.90 bits per heavy atom. The number of carbonyl (C=O) groups excluding carboxylic acids is 2. The number of Topliss-reactive ketones (excluding diaryl/α,β-unsaturated/α-hetero) is 1. The van der Waals surface area contributed by atoms with Gasteiger partial charge < -0.3 is 9.64 Å². The summed E-state index contributed by atoms with van der Waals surface area (Å²) in [6.07, 6.45) is 3.92. The number of carbonyl (C=O) groups is 2. The summed E-state index contributed by atoms with van der Waals surface area (Å²) in [5.74, 6) is 0.0864. The maximum atomic E-state index is 12.6. The zero-order chi connectivity index (χ0) is 15.1. The Morgan fingerprint density at radius 3 is 2.35 bits per heavy atom. The molecule has 0 bridgehead atoms. The van der Waals surface area contributed by atoms with Crippen LogP contribution in [0, 0.1) is 5.41 Å². The summed E-state index contributed by atoms with van der Waals surface area (Å²) in [5, 5.41) is 0. The minimum atomic E-state index is -0.557. The van der Waals surface area contributed by atoms with Gasteiger partial charge in [-0.2, -0.15) is 0 Å². The van der Waals surface area contributed by atoms with Gasteiger partial charge in [-0.1, -0.05) is 0 Å². The van der Waals surface area contributed by atoms with Crippen molar-refractivity contribution in [2.75, 3.05) is 20.6 Å². The van der Waals surface area contributed by atoms with Crippen molar-refractivity contribution >= 4 is 11.9 Å². The summed E-state index contributed by atoms with van der Waals surface area (Å²) in [6.45, 7) is 6.04. The molecule has 1 aliphatic heterocycles. The maximum Gasteiger partial charge on any atom is 0.414 e. The Kier molecular flexibility index (Phi) is 3.56. The average Bonchev–Trinajstić information content (AvgIpc) is 3.03. The van der Waals surface area contributed by atoms with Gasteiger partial charge in [-0.25, -0.2) is 4.79 Å². The van der Waals surface area contributed by atoms with E-state index in [1.807, 2.05) is 34.9 Å². The van der Waals surface area contributed by atoms with Crippen LogP contribution in [0.4, 0.5) is 4.79 Å². The number of nitrogens with zero attached hydrogens (tertiary/aromatic N) is 2. The molecule has 1 heterocycles. The third kappa shape index (κ3) is 2.97. The summed E-state index contributed by atoms with van der Waals surface area (Å²) in [4.78, 5) is 28.1. The van der Waals surface area contributed by atoms with Gasteiger partial charge in [0.2, 0.25) is 0 Å². The second-order valence-electron chi connectivity index (χ2n) is 6.97. The number of likely N-dealkylation sites (tertiary alicyclic amines) is 1. The van der Waals surface area contributed by atoms with E-state index in [0.717, 1.165) is 19.3 Å². The van der Waals surface area contributed by atoms with Gasteiger partial charge >= 0.3 is 6.09 Å². The highest BCUT2D eigenvalue weighted by Crippen LogP contribution is 2.53. The Balaban J connectivity index is 2.23. The molecule has 5 heteroatoms. The quantitative estimate of drug-likeness (QED) is 0.692. The number of rotatable bonds is 1. The van der Waals surface area contributed by atoms with Crippen LogP contribution in [-0.2, 0) is 9.53 Å². The van der Waals surface area contributed by atoms with E-state index in [2.05, 4.69) is 0 Å². The van der Waals surface area contributed by atoms with E-state index in [1.165, 1.54) is 4.90 Å². The van der Waals surface area contributed by atoms with Crippen molar-refractivity contribution in [1.29, 1.82) is 0 Å². The van der Waals surface area contributed by atoms with Gasteiger partial charge in [-0.05, 0) is 40.0 Å². The fraction of sp³-hybridized carbons (Fsp3) is 0.733. The molecule has 0 aromatic carbocycles.